The van der Waals surface area contributed by atoms with E-state index in [0.29, 0.717) is 12.5 Å². The highest BCUT2D eigenvalue weighted by molar-refractivity contribution is 7.12. The molecule has 1 aliphatic heterocycles. The Morgan fingerprint density at radius 1 is 1.44 bits per heavy atom. The predicted octanol–water partition coefficient (Wildman–Crippen LogP) is 3.77. The van der Waals surface area contributed by atoms with Crippen LogP contribution in [0.2, 0.25) is 0 Å². The quantitative estimate of drug-likeness (QED) is 0.773. The molecule has 0 saturated carbocycles. The van der Waals surface area contributed by atoms with E-state index < -0.39 is 6.43 Å². The summed E-state index contributed by atoms with van der Waals surface area (Å²) in [6.07, 6.45) is 3.76. The maximum atomic E-state index is 12.9. The van der Waals surface area contributed by atoms with Crippen LogP contribution < -0.4 is 0 Å². The first-order valence-electron chi connectivity index (χ1n) is 9.53. The summed E-state index contributed by atoms with van der Waals surface area (Å²) in [6, 6.07) is 2.27. The third-order valence-corrected chi connectivity index (χ3v) is 7.24. The van der Waals surface area contributed by atoms with Crippen molar-refractivity contribution in [1.82, 2.24) is 14.5 Å². The van der Waals surface area contributed by atoms with E-state index in [-0.39, 0.29) is 18.4 Å². The van der Waals surface area contributed by atoms with Gasteiger partial charge in [-0.1, -0.05) is 6.92 Å². The van der Waals surface area contributed by atoms with Crippen molar-refractivity contribution in [3.63, 3.8) is 0 Å². The molecule has 1 saturated heterocycles. The van der Waals surface area contributed by atoms with Crippen LogP contribution in [0.1, 0.15) is 47.8 Å². The lowest BCUT2D eigenvalue weighted by atomic mass is 9.74. The molecule has 1 aliphatic rings. The number of imidazole rings is 1. The van der Waals surface area contributed by atoms with Crippen LogP contribution in [-0.2, 0) is 31.8 Å². The molecule has 1 fully saturated rings. The molecule has 0 bridgehead atoms. The molecule has 2 aromatic rings. The summed E-state index contributed by atoms with van der Waals surface area (Å²) in [4.78, 5) is 8.80. The number of aromatic nitrogens is 2. The van der Waals surface area contributed by atoms with E-state index in [1.165, 1.54) is 16.2 Å². The minimum absolute atomic E-state index is 0.0346. The normalized spacial score (nSPS) is 24.0. The highest BCUT2D eigenvalue weighted by atomic mass is 32.1. The van der Waals surface area contributed by atoms with E-state index in [1.807, 2.05) is 25.5 Å². The Balaban J connectivity index is 1.77. The van der Waals surface area contributed by atoms with E-state index >= 15 is 0 Å². The van der Waals surface area contributed by atoms with Gasteiger partial charge >= 0.3 is 0 Å². The van der Waals surface area contributed by atoms with Gasteiger partial charge in [0.15, 0.2) is 0 Å². The van der Waals surface area contributed by atoms with Gasteiger partial charge in [-0.2, -0.15) is 0 Å². The summed E-state index contributed by atoms with van der Waals surface area (Å²) in [5.41, 5.74) is 1.01. The first-order valence-corrected chi connectivity index (χ1v) is 10.4. The average molecular weight is 398 g/mol. The lowest BCUT2D eigenvalue weighted by Gasteiger charge is -2.44. The number of hydrogen-bond acceptors (Lipinski definition) is 4. The van der Waals surface area contributed by atoms with Gasteiger partial charge in [0.05, 0.1) is 6.54 Å². The van der Waals surface area contributed by atoms with Crippen LogP contribution in [0.25, 0.3) is 0 Å². The molecule has 2 aromatic heterocycles. The average Bonchev–Trinajstić information content (AvgIpc) is 3.17. The zero-order valence-electron chi connectivity index (χ0n) is 16.3. The Morgan fingerprint density at radius 3 is 2.81 bits per heavy atom. The summed E-state index contributed by atoms with van der Waals surface area (Å²) in [6.45, 7) is 6.31. The first kappa shape index (κ1) is 20.4. The standard InChI is InChI=1S/C20H29F2N3OS/c1-14-12-20(2,5-7-25(14)13-18-23-6-8-24(18)3)19-15(4-9-26)10-16(27-19)11-17(21)22/h6,8,10,14,17,26H,4-5,7,9,11-13H2,1-3H3/t14-,20-/m0/s1. The topological polar surface area (TPSA) is 41.3 Å². The van der Waals surface area contributed by atoms with E-state index in [2.05, 4.69) is 28.3 Å². The number of piperidine rings is 1. The fourth-order valence-electron chi connectivity index (χ4n) is 4.22. The molecule has 0 aliphatic carbocycles. The zero-order valence-corrected chi connectivity index (χ0v) is 17.1. The number of hydrogen-bond donors (Lipinski definition) is 1. The number of halogens is 2. The zero-order chi connectivity index (χ0) is 19.6. The summed E-state index contributed by atoms with van der Waals surface area (Å²) in [5, 5.41) is 9.42. The van der Waals surface area contributed by atoms with Crippen LogP contribution in [0.3, 0.4) is 0 Å². The van der Waals surface area contributed by atoms with E-state index in [1.54, 1.807) is 0 Å². The molecule has 2 atom stereocenters. The molecule has 1 N–H and O–H groups in total. The van der Waals surface area contributed by atoms with Gasteiger partial charge in [-0.25, -0.2) is 13.8 Å². The van der Waals surface area contributed by atoms with Crippen molar-refractivity contribution in [2.45, 2.75) is 64.0 Å². The van der Waals surface area contributed by atoms with Crippen molar-refractivity contribution in [2.24, 2.45) is 7.05 Å². The number of rotatable bonds is 7. The van der Waals surface area contributed by atoms with Gasteiger partial charge in [0.1, 0.15) is 5.82 Å². The largest absolute Gasteiger partial charge is 0.396 e. The van der Waals surface area contributed by atoms with Crippen LogP contribution in [0.5, 0.6) is 0 Å². The molecule has 150 valence electrons. The van der Waals surface area contributed by atoms with Crippen LogP contribution in [0, 0.1) is 0 Å². The van der Waals surface area contributed by atoms with Crippen molar-refractivity contribution in [1.29, 1.82) is 0 Å². The number of thiophene rings is 1. The second kappa shape index (κ2) is 8.37. The van der Waals surface area contributed by atoms with Crippen LogP contribution in [-0.4, -0.2) is 45.2 Å². The molecule has 3 rings (SSSR count). The Bertz CT molecular complexity index is 760. The van der Waals surface area contributed by atoms with E-state index in [9.17, 15) is 13.9 Å². The fraction of sp³-hybridized carbons (Fsp3) is 0.650. The smallest absolute Gasteiger partial charge is 0.243 e. The molecule has 0 amide bonds. The molecule has 0 radical (unpaired) electrons. The molecular weight excluding hydrogens is 368 g/mol. The SMILES string of the molecule is C[C@H]1C[C@@](C)(c2sc(CC(F)F)cc2CCO)CCN1Cc1nccn1C. The molecule has 4 nitrogen and oxygen atoms in total. The number of nitrogens with zero attached hydrogens (tertiary/aromatic N) is 3. The van der Waals surface area contributed by atoms with E-state index in [0.717, 1.165) is 42.2 Å². The molecule has 0 aromatic carbocycles. The van der Waals surface area contributed by atoms with Gasteiger partial charge in [0.2, 0.25) is 6.43 Å². The number of aliphatic hydroxyl groups is 1. The van der Waals surface area contributed by atoms with Gasteiger partial charge in [-0.3, -0.25) is 4.90 Å². The first-order chi connectivity index (χ1) is 12.8. The van der Waals surface area contributed by atoms with Gasteiger partial charge in [-0.15, -0.1) is 11.3 Å². The third-order valence-electron chi connectivity index (χ3n) is 5.73. The van der Waals surface area contributed by atoms with Gasteiger partial charge in [0, 0.05) is 53.7 Å². The highest BCUT2D eigenvalue weighted by Crippen LogP contribution is 2.44. The summed E-state index contributed by atoms with van der Waals surface area (Å²) < 4.78 is 27.8. The lowest BCUT2D eigenvalue weighted by Crippen LogP contribution is -2.46. The Hall–Kier alpha value is -1.31. The van der Waals surface area contributed by atoms with Crippen molar-refractivity contribution >= 4 is 11.3 Å². The van der Waals surface area contributed by atoms with E-state index in [4.69, 9.17) is 0 Å². The van der Waals surface area contributed by atoms with Gasteiger partial charge in [-0.05, 0) is 44.4 Å². The number of alkyl halides is 2. The number of aryl methyl sites for hydroxylation is 1. The molecule has 0 spiro atoms. The molecule has 0 unspecified atom stereocenters. The van der Waals surface area contributed by atoms with Crippen molar-refractivity contribution < 1.29 is 13.9 Å². The summed E-state index contributed by atoms with van der Waals surface area (Å²) in [5.74, 6) is 1.06. The predicted molar refractivity (Wildman–Crippen MR) is 104 cm³/mol. The van der Waals surface area contributed by atoms with Gasteiger partial charge in [0.25, 0.3) is 0 Å². The van der Waals surface area contributed by atoms with Crippen molar-refractivity contribution in [3.05, 3.63) is 39.6 Å². The maximum Gasteiger partial charge on any atom is 0.243 e. The minimum atomic E-state index is -2.33. The second-order valence-corrected chi connectivity index (χ2v) is 9.06. The lowest BCUT2D eigenvalue weighted by molar-refractivity contribution is 0.101. The number of aliphatic hydroxyl groups excluding tert-OH is 1. The maximum absolute atomic E-state index is 12.9. The molecule has 27 heavy (non-hydrogen) atoms. The van der Waals surface area contributed by atoms with Crippen LogP contribution >= 0.6 is 11.3 Å². The molecular formula is C20H29F2N3OS. The van der Waals surface area contributed by atoms with Crippen LogP contribution in [0.4, 0.5) is 8.78 Å². The number of likely N-dealkylation sites (tertiary alicyclic amines) is 1. The second-order valence-electron chi connectivity index (χ2n) is 7.92. The van der Waals surface area contributed by atoms with Crippen LogP contribution in [0.15, 0.2) is 18.5 Å². The fourth-order valence-corrected chi connectivity index (χ4v) is 5.62. The summed E-state index contributed by atoms with van der Waals surface area (Å²) >= 11 is 1.52. The highest BCUT2D eigenvalue weighted by Gasteiger charge is 2.38. The Morgan fingerprint density at radius 2 is 2.22 bits per heavy atom. The molecule has 3 heterocycles. The molecule has 7 heteroatoms. The monoisotopic (exact) mass is 397 g/mol. The van der Waals surface area contributed by atoms with Gasteiger partial charge < -0.3 is 9.67 Å². The Kier molecular flexibility index (Phi) is 6.33. The summed E-state index contributed by atoms with van der Waals surface area (Å²) in [7, 11) is 2.01. The van der Waals surface area contributed by atoms with Crippen molar-refractivity contribution in [3.8, 4) is 0 Å². The van der Waals surface area contributed by atoms with Crippen molar-refractivity contribution in [2.75, 3.05) is 13.2 Å². The Labute approximate surface area is 163 Å². The minimum Gasteiger partial charge on any atom is -0.396 e. The third kappa shape index (κ3) is 4.58.